The van der Waals surface area contributed by atoms with Gasteiger partial charge in [-0.2, -0.15) is 0 Å². The Kier molecular flexibility index (Phi) is 6.46. The standard InChI is InChI=1S/C13H26N2O/c1-3-12-8-5-4-6-11-15(12)13(16)9-7-10-14-2/h12,14H,3-11H2,1-2H3. The molecule has 1 aliphatic heterocycles. The minimum atomic E-state index is 0.365. The number of hydrogen-bond acceptors (Lipinski definition) is 2. The summed E-state index contributed by atoms with van der Waals surface area (Å²) in [6.07, 6.45) is 7.75. The molecule has 0 aromatic carbocycles. The van der Waals surface area contributed by atoms with Crippen molar-refractivity contribution < 1.29 is 4.79 Å². The molecule has 0 aromatic heterocycles. The van der Waals surface area contributed by atoms with Crippen LogP contribution < -0.4 is 5.32 Å². The molecule has 0 aliphatic carbocycles. The van der Waals surface area contributed by atoms with Crippen molar-refractivity contribution in [3.63, 3.8) is 0 Å². The molecule has 1 fully saturated rings. The van der Waals surface area contributed by atoms with Gasteiger partial charge in [0.15, 0.2) is 0 Å². The fourth-order valence-electron chi connectivity index (χ4n) is 2.49. The van der Waals surface area contributed by atoms with Crippen molar-refractivity contribution >= 4 is 5.91 Å². The van der Waals surface area contributed by atoms with Crippen LogP contribution in [-0.2, 0) is 4.79 Å². The van der Waals surface area contributed by atoms with E-state index in [1.807, 2.05) is 7.05 Å². The predicted molar refractivity (Wildman–Crippen MR) is 67.4 cm³/mol. The van der Waals surface area contributed by atoms with E-state index in [1.54, 1.807) is 0 Å². The largest absolute Gasteiger partial charge is 0.340 e. The van der Waals surface area contributed by atoms with Crippen LogP contribution in [0.3, 0.4) is 0 Å². The molecule has 1 saturated heterocycles. The number of rotatable bonds is 5. The summed E-state index contributed by atoms with van der Waals surface area (Å²) in [6.45, 7) is 4.12. The fourth-order valence-corrected chi connectivity index (χ4v) is 2.49. The minimum Gasteiger partial charge on any atom is -0.340 e. The Hall–Kier alpha value is -0.570. The van der Waals surface area contributed by atoms with Crippen molar-refractivity contribution in [3.8, 4) is 0 Å². The van der Waals surface area contributed by atoms with Gasteiger partial charge in [0.2, 0.25) is 5.91 Å². The van der Waals surface area contributed by atoms with E-state index in [1.165, 1.54) is 25.7 Å². The van der Waals surface area contributed by atoms with E-state index in [0.29, 0.717) is 18.4 Å². The number of carbonyl (C=O) groups excluding carboxylic acids is 1. The zero-order valence-corrected chi connectivity index (χ0v) is 10.8. The van der Waals surface area contributed by atoms with Crippen molar-refractivity contribution in [2.45, 2.75) is 57.9 Å². The number of nitrogens with zero attached hydrogens (tertiary/aromatic N) is 1. The number of hydrogen-bond donors (Lipinski definition) is 1. The van der Waals surface area contributed by atoms with Gasteiger partial charge in [-0.15, -0.1) is 0 Å². The molecule has 1 rings (SSSR count). The Labute approximate surface area is 99.6 Å². The van der Waals surface area contributed by atoms with Crippen LogP contribution in [0.25, 0.3) is 0 Å². The Bertz CT molecular complexity index is 206. The molecule has 0 spiro atoms. The molecule has 1 heterocycles. The number of amides is 1. The highest BCUT2D eigenvalue weighted by Crippen LogP contribution is 2.20. The summed E-state index contributed by atoms with van der Waals surface area (Å²) in [7, 11) is 1.94. The maximum absolute atomic E-state index is 12.1. The summed E-state index contributed by atoms with van der Waals surface area (Å²) in [5.74, 6) is 0.365. The van der Waals surface area contributed by atoms with Crippen LogP contribution >= 0.6 is 0 Å². The predicted octanol–water partition coefficient (Wildman–Crippen LogP) is 2.17. The summed E-state index contributed by atoms with van der Waals surface area (Å²) < 4.78 is 0. The van der Waals surface area contributed by atoms with Crippen molar-refractivity contribution in [1.82, 2.24) is 10.2 Å². The molecule has 0 saturated carbocycles. The molecule has 0 radical (unpaired) electrons. The van der Waals surface area contributed by atoms with Crippen LogP contribution in [0.4, 0.5) is 0 Å². The molecule has 16 heavy (non-hydrogen) atoms. The molecule has 1 aliphatic rings. The number of likely N-dealkylation sites (tertiary alicyclic amines) is 1. The Morgan fingerprint density at radius 1 is 1.38 bits per heavy atom. The summed E-state index contributed by atoms with van der Waals surface area (Å²) in [6, 6.07) is 0.504. The Morgan fingerprint density at radius 3 is 2.88 bits per heavy atom. The van der Waals surface area contributed by atoms with Gasteiger partial charge in [-0.25, -0.2) is 0 Å². The van der Waals surface area contributed by atoms with Gasteiger partial charge in [-0.05, 0) is 39.3 Å². The fraction of sp³-hybridized carbons (Fsp3) is 0.923. The zero-order valence-electron chi connectivity index (χ0n) is 10.8. The van der Waals surface area contributed by atoms with Crippen LogP contribution in [0.15, 0.2) is 0 Å². The van der Waals surface area contributed by atoms with Crippen LogP contribution in [-0.4, -0.2) is 37.0 Å². The average molecular weight is 226 g/mol. The van der Waals surface area contributed by atoms with E-state index in [0.717, 1.165) is 25.9 Å². The number of carbonyl (C=O) groups is 1. The molecule has 1 unspecified atom stereocenters. The molecule has 3 nitrogen and oxygen atoms in total. The average Bonchev–Trinajstić information content (AvgIpc) is 2.54. The van der Waals surface area contributed by atoms with E-state index in [2.05, 4.69) is 17.1 Å². The second-order valence-electron chi connectivity index (χ2n) is 4.71. The topological polar surface area (TPSA) is 32.3 Å². The molecule has 0 bridgehead atoms. The van der Waals surface area contributed by atoms with E-state index in [9.17, 15) is 4.79 Å². The van der Waals surface area contributed by atoms with Crippen molar-refractivity contribution in [3.05, 3.63) is 0 Å². The second kappa shape index (κ2) is 7.66. The molecule has 3 heteroatoms. The van der Waals surface area contributed by atoms with Gasteiger partial charge in [0.1, 0.15) is 0 Å². The first-order valence-corrected chi connectivity index (χ1v) is 6.73. The highest BCUT2D eigenvalue weighted by molar-refractivity contribution is 5.76. The maximum atomic E-state index is 12.1. The third kappa shape index (κ3) is 4.12. The van der Waals surface area contributed by atoms with Gasteiger partial charge in [-0.3, -0.25) is 4.79 Å². The second-order valence-corrected chi connectivity index (χ2v) is 4.71. The lowest BCUT2D eigenvalue weighted by Crippen LogP contribution is -2.39. The van der Waals surface area contributed by atoms with Crippen LogP contribution in [0.1, 0.15) is 51.9 Å². The SMILES string of the molecule is CCC1CCCCCN1C(=O)CCCNC. The molecule has 1 amide bonds. The summed E-state index contributed by atoms with van der Waals surface area (Å²) in [5.41, 5.74) is 0. The summed E-state index contributed by atoms with van der Waals surface area (Å²) in [4.78, 5) is 14.2. The maximum Gasteiger partial charge on any atom is 0.222 e. The van der Waals surface area contributed by atoms with Gasteiger partial charge < -0.3 is 10.2 Å². The molecular weight excluding hydrogens is 200 g/mol. The van der Waals surface area contributed by atoms with Gasteiger partial charge >= 0.3 is 0 Å². The molecule has 1 atom stereocenters. The lowest BCUT2D eigenvalue weighted by Gasteiger charge is -2.29. The molecular formula is C13H26N2O. The Morgan fingerprint density at radius 2 is 2.19 bits per heavy atom. The molecule has 0 aromatic rings. The van der Waals surface area contributed by atoms with E-state index in [4.69, 9.17) is 0 Å². The van der Waals surface area contributed by atoms with Gasteiger partial charge in [-0.1, -0.05) is 19.8 Å². The zero-order chi connectivity index (χ0) is 11.8. The van der Waals surface area contributed by atoms with Gasteiger partial charge in [0.05, 0.1) is 0 Å². The first-order chi connectivity index (χ1) is 7.79. The number of nitrogens with one attached hydrogen (secondary N) is 1. The monoisotopic (exact) mass is 226 g/mol. The first kappa shape index (κ1) is 13.5. The normalized spacial score (nSPS) is 21.9. The Balaban J connectivity index is 2.42. The van der Waals surface area contributed by atoms with E-state index in [-0.39, 0.29) is 0 Å². The third-order valence-corrected chi connectivity index (χ3v) is 3.49. The highest BCUT2D eigenvalue weighted by Gasteiger charge is 2.23. The lowest BCUT2D eigenvalue weighted by molar-refractivity contribution is -0.133. The van der Waals surface area contributed by atoms with Crippen molar-refractivity contribution in [2.75, 3.05) is 20.1 Å². The summed E-state index contributed by atoms with van der Waals surface area (Å²) >= 11 is 0. The first-order valence-electron chi connectivity index (χ1n) is 6.73. The van der Waals surface area contributed by atoms with Crippen molar-refractivity contribution in [2.24, 2.45) is 0 Å². The quantitative estimate of drug-likeness (QED) is 0.729. The van der Waals surface area contributed by atoms with Crippen LogP contribution in [0.2, 0.25) is 0 Å². The smallest absolute Gasteiger partial charge is 0.222 e. The van der Waals surface area contributed by atoms with Gasteiger partial charge in [0, 0.05) is 19.0 Å². The van der Waals surface area contributed by atoms with E-state index < -0.39 is 0 Å². The third-order valence-electron chi connectivity index (χ3n) is 3.49. The van der Waals surface area contributed by atoms with Crippen LogP contribution in [0, 0.1) is 0 Å². The minimum absolute atomic E-state index is 0.365. The molecule has 1 N–H and O–H groups in total. The van der Waals surface area contributed by atoms with Gasteiger partial charge in [0.25, 0.3) is 0 Å². The summed E-state index contributed by atoms with van der Waals surface area (Å²) in [5, 5.41) is 3.09. The van der Waals surface area contributed by atoms with Crippen LogP contribution in [0.5, 0.6) is 0 Å². The molecule has 94 valence electrons. The van der Waals surface area contributed by atoms with E-state index >= 15 is 0 Å². The lowest BCUT2D eigenvalue weighted by atomic mass is 10.1. The highest BCUT2D eigenvalue weighted by atomic mass is 16.2. The van der Waals surface area contributed by atoms with Crippen molar-refractivity contribution in [1.29, 1.82) is 0 Å².